The molecule has 0 saturated carbocycles. The first-order chi connectivity index (χ1) is 13.8. The van der Waals surface area contributed by atoms with Crippen LogP contribution in [0.3, 0.4) is 0 Å². The number of nitrogens with two attached hydrogens (primary N) is 1. The highest BCUT2D eigenvalue weighted by Gasteiger charge is 2.34. The summed E-state index contributed by atoms with van der Waals surface area (Å²) in [6, 6.07) is -6.26. The monoisotopic (exact) mass is 436 g/mol. The van der Waals surface area contributed by atoms with Gasteiger partial charge in [0.1, 0.15) is 18.1 Å². The molecule has 6 atom stereocenters. The number of hydrogen-bond donors (Lipinski definition) is 9. The number of rotatable bonds is 13. The Bertz CT molecular complexity index is 640. The van der Waals surface area contributed by atoms with E-state index in [1.54, 1.807) is 0 Å². The zero-order valence-corrected chi connectivity index (χ0v) is 16.4. The summed E-state index contributed by atoms with van der Waals surface area (Å²) in [5, 5.41) is 52.1. The van der Waals surface area contributed by atoms with Crippen LogP contribution in [0.5, 0.6) is 0 Å². The highest BCUT2D eigenvalue weighted by molar-refractivity contribution is 5.94. The first-order valence-electron chi connectivity index (χ1n) is 8.90. The van der Waals surface area contributed by atoms with E-state index in [4.69, 9.17) is 21.1 Å². The maximum atomic E-state index is 12.4. The Morgan fingerprint density at radius 3 is 1.63 bits per heavy atom. The van der Waals surface area contributed by atoms with Crippen LogP contribution in [0.4, 0.5) is 0 Å². The first-order valence-corrected chi connectivity index (χ1v) is 8.90. The normalized spacial score (nSPS) is 16.9. The third-order valence-electron chi connectivity index (χ3n) is 3.93. The van der Waals surface area contributed by atoms with Crippen molar-refractivity contribution in [1.82, 2.24) is 16.0 Å². The summed E-state index contributed by atoms with van der Waals surface area (Å²) in [4.78, 5) is 58.1. The molecule has 0 aromatic rings. The third-order valence-corrected chi connectivity index (χ3v) is 3.93. The van der Waals surface area contributed by atoms with Gasteiger partial charge in [-0.25, -0.2) is 4.79 Å². The second-order valence-electron chi connectivity index (χ2n) is 6.57. The quantitative estimate of drug-likeness (QED) is 0.133. The Hall–Kier alpha value is -2.81. The van der Waals surface area contributed by atoms with Gasteiger partial charge in [-0.3, -0.25) is 19.2 Å². The number of carboxylic acids is 2. The number of aliphatic carboxylic acids is 2. The molecule has 14 nitrogen and oxygen atoms in total. The van der Waals surface area contributed by atoms with E-state index in [2.05, 4.69) is 10.6 Å². The molecular formula is C16H28N4O10. The summed E-state index contributed by atoms with van der Waals surface area (Å²) >= 11 is 0. The minimum atomic E-state index is -1.69. The second-order valence-corrected chi connectivity index (χ2v) is 6.57. The van der Waals surface area contributed by atoms with E-state index in [0.29, 0.717) is 0 Å². The van der Waals surface area contributed by atoms with E-state index in [0.717, 1.165) is 13.8 Å². The van der Waals surface area contributed by atoms with Crippen molar-refractivity contribution in [3.63, 3.8) is 0 Å². The van der Waals surface area contributed by atoms with E-state index in [1.807, 2.05) is 5.32 Å². The van der Waals surface area contributed by atoms with Gasteiger partial charge in [-0.05, 0) is 20.3 Å². The standard InChI is InChI=1S/C16H28N4O10/c1-6(22)11(14(27)18-9(5-21)16(29)30)20-15(28)12(7(2)23)19-13(26)8(17)3-4-10(24)25/h6-9,11-12,21-23H,3-5,17H2,1-2H3,(H,18,27)(H,19,26)(H,20,28)(H,24,25)(H,29,30). The molecule has 3 amide bonds. The van der Waals surface area contributed by atoms with Crippen LogP contribution < -0.4 is 21.7 Å². The minimum absolute atomic E-state index is 0.230. The average Bonchev–Trinajstić information content (AvgIpc) is 2.64. The van der Waals surface area contributed by atoms with Crippen LogP contribution in [0.1, 0.15) is 26.7 Å². The molecule has 0 spiro atoms. The fourth-order valence-electron chi connectivity index (χ4n) is 2.17. The Morgan fingerprint density at radius 1 is 0.833 bits per heavy atom. The summed E-state index contributed by atoms with van der Waals surface area (Å²) in [5.74, 6) is -5.89. The molecule has 0 aliphatic heterocycles. The lowest BCUT2D eigenvalue weighted by Gasteiger charge is -2.27. The number of carbonyl (C=O) groups excluding carboxylic acids is 3. The predicted octanol–water partition coefficient (Wildman–Crippen LogP) is -4.53. The van der Waals surface area contributed by atoms with Gasteiger partial charge in [0.2, 0.25) is 17.7 Å². The predicted molar refractivity (Wildman–Crippen MR) is 98.7 cm³/mol. The van der Waals surface area contributed by atoms with Gasteiger partial charge < -0.3 is 47.2 Å². The summed E-state index contributed by atoms with van der Waals surface area (Å²) < 4.78 is 0. The van der Waals surface area contributed by atoms with Crippen LogP contribution in [0.25, 0.3) is 0 Å². The third kappa shape index (κ3) is 9.13. The summed E-state index contributed by atoms with van der Waals surface area (Å²) in [6.45, 7) is 1.33. The van der Waals surface area contributed by atoms with Crippen LogP contribution in [0.15, 0.2) is 0 Å². The van der Waals surface area contributed by atoms with Crippen molar-refractivity contribution in [2.24, 2.45) is 5.73 Å². The number of carboxylic acid groups (broad SMARTS) is 2. The molecule has 0 heterocycles. The summed E-state index contributed by atoms with van der Waals surface area (Å²) in [7, 11) is 0. The van der Waals surface area contributed by atoms with Crippen molar-refractivity contribution >= 4 is 29.7 Å². The molecule has 0 rings (SSSR count). The molecule has 172 valence electrons. The van der Waals surface area contributed by atoms with E-state index in [9.17, 15) is 34.2 Å². The SMILES string of the molecule is CC(O)C(NC(=O)C(N)CCC(=O)O)C(=O)NC(C(=O)NC(CO)C(=O)O)C(C)O. The Kier molecular flexibility index (Phi) is 11.5. The van der Waals surface area contributed by atoms with Gasteiger partial charge >= 0.3 is 11.9 Å². The highest BCUT2D eigenvalue weighted by atomic mass is 16.4. The number of nitrogens with one attached hydrogen (secondary N) is 3. The van der Waals surface area contributed by atoms with Gasteiger partial charge in [0.15, 0.2) is 0 Å². The Balaban J connectivity index is 5.23. The van der Waals surface area contributed by atoms with E-state index >= 15 is 0 Å². The van der Waals surface area contributed by atoms with Crippen LogP contribution >= 0.6 is 0 Å². The molecule has 0 saturated heterocycles. The van der Waals surface area contributed by atoms with Gasteiger partial charge in [-0.1, -0.05) is 0 Å². The molecule has 0 fully saturated rings. The molecule has 0 bridgehead atoms. The molecule has 30 heavy (non-hydrogen) atoms. The zero-order valence-electron chi connectivity index (χ0n) is 16.4. The number of amides is 3. The molecule has 0 aliphatic carbocycles. The van der Waals surface area contributed by atoms with Gasteiger partial charge in [-0.2, -0.15) is 0 Å². The highest BCUT2D eigenvalue weighted by Crippen LogP contribution is 2.02. The number of aliphatic hydroxyl groups is 3. The van der Waals surface area contributed by atoms with Crippen LogP contribution in [-0.4, -0.2) is 98.2 Å². The largest absolute Gasteiger partial charge is 0.481 e. The van der Waals surface area contributed by atoms with Gasteiger partial charge in [0.25, 0.3) is 0 Å². The molecule has 14 heteroatoms. The van der Waals surface area contributed by atoms with Crippen molar-refractivity contribution in [3.05, 3.63) is 0 Å². The molecule has 0 aromatic heterocycles. The smallest absolute Gasteiger partial charge is 0.328 e. The molecule has 0 aromatic carbocycles. The fourth-order valence-corrected chi connectivity index (χ4v) is 2.17. The van der Waals surface area contributed by atoms with Crippen molar-refractivity contribution in [3.8, 4) is 0 Å². The average molecular weight is 436 g/mol. The van der Waals surface area contributed by atoms with E-state index in [-0.39, 0.29) is 6.42 Å². The van der Waals surface area contributed by atoms with Crippen molar-refractivity contribution in [1.29, 1.82) is 0 Å². The lowest BCUT2D eigenvalue weighted by Crippen LogP contribution is -2.62. The molecule has 10 N–H and O–H groups in total. The maximum Gasteiger partial charge on any atom is 0.328 e. The van der Waals surface area contributed by atoms with Gasteiger partial charge in [0, 0.05) is 6.42 Å². The van der Waals surface area contributed by atoms with Gasteiger partial charge in [-0.15, -0.1) is 0 Å². The zero-order chi connectivity index (χ0) is 23.6. The van der Waals surface area contributed by atoms with Gasteiger partial charge in [0.05, 0.1) is 24.9 Å². The lowest BCUT2D eigenvalue weighted by molar-refractivity contribution is -0.144. The number of carbonyl (C=O) groups is 5. The second kappa shape index (κ2) is 12.7. The number of aliphatic hydroxyl groups excluding tert-OH is 3. The van der Waals surface area contributed by atoms with Crippen molar-refractivity contribution < 1.29 is 49.5 Å². The minimum Gasteiger partial charge on any atom is -0.481 e. The lowest BCUT2D eigenvalue weighted by atomic mass is 10.1. The fraction of sp³-hybridized carbons (Fsp3) is 0.688. The summed E-state index contributed by atoms with van der Waals surface area (Å²) in [6.07, 6.45) is -3.61. The molecular weight excluding hydrogens is 408 g/mol. The van der Waals surface area contributed by atoms with Crippen molar-refractivity contribution in [2.75, 3.05) is 6.61 Å². The van der Waals surface area contributed by atoms with E-state index in [1.165, 1.54) is 0 Å². The van der Waals surface area contributed by atoms with Crippen molar-refractivity contribution in [2.45, 2.75) is 63.1 Å². The topological polar surface area (TPSA) is 249 Å². The van der Waals surface area contributed by atoms with Crippen LogP contribution in [-0.2, 0) is 24.0 Å². The number of hydrogen-bond acceptors (Lipinski definition) is 9. The van der Waals surface area contributed by atoms with E-state index < -0.39 is 79.1 Å². The molecule has 0 aliphatic rings. The van der Waals surface area contributed by atoms with Crippen LogP contribution in [0.2, 0.25) is 0 Å². The first kappa shape index (κ1) is 27.2. The Labute approximate surface area is 171 Å². The Morgan fingerprint density at radius 2 is 1.27 bits per heavy atom. The molecule has 0 radical (unpaired) electrons. The summed E-state index contributed by atoms with van der Waals surface area (Å²) in [5.41, 5.74) is 5.54. The van der Waals surface area contributed by atoms with Crippen LogP contribution in [0, 0.1) is 0 Å². The maximum absolute atomic E-state index is 12.4. The molecule has 6 unspecified atom stereocenters.